The SMILES string of the molecule is Cn1cc(-c2cc(OC[C@@H]3CNCC4(CC4)O3)c3cccnc3c2)cn1. The highest BCUT2D eigenvalue weighted by atomic mass is 16.6. The lowest BCUT2D eigenvalue weighted by Crippen LogP contribution is -2.48. The molecule has 1 spiro atoms. The van der Waals surface area contributed by atoms with Gasteiger partial charge in [0, 0.05) is 43.5 Å². The van der Waals surface area contributed by atoms with Gasteiger partial charge in [-0.3, -0.25) is 9.67 Å². The number of rotatable bonds is 4. The number of hydrogen-bond donors (Lipinski definition) is 1. The monoisotopic (exact) mass is 350 g/mol. The Balaban J connectivity index is 1.43. The molecule has 1 saturated carbocycles. The van der Waals surface area contributed by atoms with Gasteiger partial charge in [-0.1, -0.05) is 0 Å². The fourth-order valence-electron chi connectivity index (χ4n) is 3.61. The van der Waals surface area contributed by atoms with Gasteiger partial charge in [0.25, 0.3) is 0 Å². The van der Waals surface area contributed by atoms with E-state index in [2.05, 4.69) is 27.5 Å². The Kier molecular flexibility index (Phi) is 3.69. The smallest absolute Gasteiger partial charge is 0.129 e. The molecule has 2 aliphatic rings. The summed E-state index contributed by atoms with van der Waals surface area (Å²) in [5.74, 6) is 0.841. The van der Waals surface area contributed by atoms with Crippen LogP contribution in [0.15, 0.2) is 42.9 Å². The first kappa shape index (κ1) is 15.8. The second-order valence-electron chi connectivity index (χ2n) is 7.31. The first-order valence-electron chi connectivity index (χ1n) is 9.10. The predicted octanol–water partition coefficient (Wildman–Crippen LogP) is 2.54. The van der Waals surface area contributed by atoms with E-state index >= 15 is 0 Å². The van der Waals surface area contributed by atoms with Crippen LogP contribution in [-0.4, -0.2) is 46.2 Å². The Morgan fingerprint density at radius 2 is 2.27 bits per heavy atom. The van der Waals surface area contributed by atoms with Crippen LogP contribution in [-0.2, 0) is 11.8 Å². The topological polar surface area (TPSA) is 61.2 Å². The van der Waals surface area contributed by atoms with Crippen molar-refractivity contribution >= 4 is 10.9 Å². The third-order valence-corrected chi connectivity index (χ3v) is 5.19. The highest BCUT2D eigenvalue weighted by Gasteiger charge is 2.47. The van der Waals surface area contributed by atoms with Crippen LogP contribution in [0, 0.1) is 0 Å². The van der Waals surface area contributed by atoms with Gasteiger partial charge in [-0.05, 0) is 42.7 Å². The summed E-state index contributed by atoms with van der Waals surface area (Å²) in [5, 5.41) is 8.76. The van der Waals surface area contributed by atoms with E-state index in [9.17, 15) is 0 Å². The fourth-order valence-corrected chi connectivity index (χ4v) is 3.61. The fraction of sp³-hybridized carbons (Fsp3) is 0.400. The van der Waals surface area contributed by atoms with Gasteiger partial charge in [0.2, 0.25) is 0 Å². The second-order valence-corrected chi connectivity index (χ2v) is 7.31. The molecule has 1 aliphatic heterocycles. The summed E-state index contributed by atoms with van der Waals surface area (Å²) in [5.41, 5.74) is 3.11. The van der Waals surface area contributed by atoms with Crippen LogP contribution < -0.4 is 10.1 Å². The molecule has 0 bridgehead atoms. The summed E-state index contributed by atoms with van der Waals surface area (Å²) < 4.78 is 14.2. The van der Waals surface area contributed by atoms with Crippen molar-refractivity contribution in [3.63, 3.8) is 0 Å². The van der Waals surface area contributed by atoms with E-state index in [1.807, 2.05) is 37.8 Å². The molecule has 134 valence electrons. The number of benzene rings is 1. The standard InChI is InChI=1S/C20H22N4O2/c1-24-11-15(9-23-24)14-7-18-17(3-2-6-22-18)19(8-14)25-12-16-10-21-13-20(26-16)4-5-20/h2-3,6-9,11,16,21H,4-5,10,12-13H2,1H3/t16-/m0/s1. The molecule has 26 heavy (non-hydrogen) atoms. The van der Waals surface area contributed by atoms with Gasteiger partial charge in [-0.25, -0.2) is 0 Å². The van der Waals surface area contributed by atoms with Crippen molar-refractivity contribution < 1.29 is 9.47 Å². The van der Waals surface area contributed by atoms with E-state index in [1.54, 1.807) is 4.68 Å². The molecule has 1 aliphatic carbocycles. The lowest BCUT2D eigenvalue weighted by atomic mass is 10.1. The zero-order valence-electron chi connectivity index (χ0n) is 14.8. The van der Waals surface area contributed by atoms with Crippen LogP contribution in [0.25, 0.3) is 22.0 Å². The maximum Gasteiger partial charge on any atom is 0.129 e. The summed E-state index contributed by atoms with van der Waals surface area (Å²) in [6.07, 6.45) is 8.06. The third kappa shape index (κ3) is 2.95. The molecule has 2 aromatic heterocycles. The minimum Gasteiger partial charge on any atom is -0.490 e. The van der Waals surface area contributed by atoms with E-state index < -0.39 is 0 Å². The number of fused-ring (bicyclic) bond motifs is 1. The van der Waals surface area contributed by atoms with Gasteiger partial charge in [0.15, 0.2) is 0 Å². The molecular weight excluding hydrogens is 328 g/mol. The van der Waals surface area contributed by atoms with Gasteiger partial charge >= 0.3 is 0 Å². The number of aromatic nitrogens is 3. The molecular formula is C20H22N4O2. The van der Waals surface area contributed by atoms with Crippen LogP contribution in [0.4, 0.5) is 0 Å². The lowest BCUT2D eigenvalue weighted by molar-refractivity contribution is -0.0711. The third-order valence-electron chi connectivity index (χ3n) is 5.19. The number of nitrogens with one attached hydrogen (secondary N) is 1. The van der Waals surface area contributed by atoms with E-state index in [1.165, 1.54) is 0 Å². The molecule has 1 atom stereocenters. The van der Waals surface area contributed by atoms with Crippen molar-refractivity contribution in [1.29, 1.82) is 0 Å². The highest BCUT2D eigenvalue weighted by Crippen LogP contribution is 2.41. The molecule has 3 aromatic rings. The van der Waals surface area contributed by atoms with Gasteiger partial charge in [-0.2, -0.15) is 5.10 Å². The average Bonchev–Trinajstić information content (AvgIpc) is 3.25. The van der Waals surface area contributed by atoms with Crippen LogP contribution in [0.5, 0.6) is 5.75 Å². The Morgan fingerprint density at radius 1 is 1.35 bits per heavy atom. The minimum atomic E-state index is 0.0768. The molecule has 5 rings (SSSR count). The maximum atomic E-state index is 6.22. The van der Waals surface area contributed by atoms with E-state index in [4.69, 9.17) is 9.47 Å². The quantitative estimate of drug-likeness (QED) is 0.783. The maximum absolute atomic E-state index is 6.22. The summed E-state index contributed by atoms with van der Waals surface area (Å²) in [4.78, 5) is 4.51. The number of morpholine rings is 1. The second kappa shape index (κ2) is 6.07. The van der Waals surface area contributed by atoms with Crippen molar-refractivity contribution in [2.45, 2.75) is 24.5 Å². The van der Waals surface area contributed by atoms with Gasteiger partial charge in [0.05, 0.1) is 17.3 Å². The Hall–Kier alpha value is -2.44. The molecule has 0 amide bonds. The van der Waals surface area contributed by atoms with Crippen LogP contribution >= 0.6 is 0 Å². The van der Waals surface area contributed by atoms with Gasteiger partial charge in [-0.15, -0.1) is 0 Å². The van der Waals surface area contributed by atoms with Crippen molar-refractivity contribution in [2.75, 3.05) is 19.7 Å². The van der Waals surface area contributed by atoms with Gasteiger partial charge < -0.3 is 14.8 Å². The molecule has 6 nitrogen and oxygen atoms in total. The molecule has 6 heteroatoms. The highest BCUT2D eigenvalue weighted by molar-refractivity contribution is 5.89. The molecule has 0 radical (unpaired) electrons. The molecule has 1 N–H and O–H groups in total. The summed E-state index contributed by atoms with van der Waals surface area (Å²) in [6.45, 7) is 2.34. The number of nitrogens with zero attached hydrogens (tertiary/aromatic N) is 3. The zero-order chi connectivity index (χ0) is 17.6. The zero-order valence-corrected chi connectivity index (χ0v) is 14.8. The Bertz CT molecular complexity index is 948. The van der Waals surface area contributed by atoms with Crippen LogP contribution in [0.3, 0.4) is 0 Å². The summed E-state index contributed by atoms with van der Waals surface area (Å²) in [7, 11) is 1.92. The number of pyridine rings is 1. The van der Waals surface area contributed by atoms with Crippen molar-refractivity contribution in [3.8, 4) is 16.9 Å². The molecule has 1 saturated heterocycles. The molecule has 2 fully saturated rings. The number of ether oxygens (including phenoxy) is 2. The largest absolute Gasteiger partial charge is 0.490 e. The summed E-state index contributed by atoms with van der Waals surface area (Å²) in [6, 6.07) is 8.14. The first-order chi connectivity index (χ1) is 12.7. The van der Waals surface area contributed by atoms with Gasteiger partial charge in [0.1, 0.15) is 18.5 Å². The van der Waals surface area contributed by atoms with Crippen LogP contribution in [0.1, 0.15) is 12.8 Å². The minimum absolute atomic E-state index is 0.0768. The predicted molar refractivity (Wildman–Crippen MR) is 99.1 cm³/mol. The van der Waals surface area contributed by atoms with Crippen LogP contribution in [0.2, 0.25) is 0 Å². The summed E-state index contributed by atoms with van der Waals surface area (Å²) >= 11 is 0. The normalized spacial score (nSPS) is 21.2. The molecule has 0 unspecified atom stereocenters. The Morgan fingerprint density at radius 3 is 3.08 bits per heavy atom. The van der Waals surface area contributed by atoms with Crippen molar-refractivity contribution in [3.05, 3.63) is 42.9 Å². The van der Waals surface area contributed by atoms with E-state index in [-0.39, 0.29) is 11.7 Å². The molecule has 1 aromatic carbocycles. The molecule has 3 heterocycles. The number of hydrogen-bond acceptors (Lipinski definition) is 5. The lowest BCUT2D eigenvalue weighted by Gasteiger charge is -2.31. The number of aryl methyl sites for hydroxylation is 1. The van der Waals surface area contributed by atoms with E-state index in [0.717, 1.165) is 53.7 Å². The van der Waals surface area contributed by atoms with Crippen molar-refractivity contribution in [2.24, 2.45) is 7.05 Å². The Labute approximate surface area is 152 Å². The van der Waals surface area contributed by atoms with Crippen molar-refractivity contribution in [1.82, 2.24) is 20.1 Å². The first-order valence-corrected chi connectivity index (χ1v) is 9.10. The van der Waals surface area contributed by atoms with E-state index in [0.29, 0.717) is 6.61 Å². The average molecular weight is 350 g/mol.